The number of aromatic carboxylic acids is 1. The molecule has 10 heteroatoms. The maximum absolute atomic E-state index is 11.5. The van der Waals surface area contributed by atoms with Crippen molar-refractivity contribution in [2.45, 2.75) is 13.0 Å². The number of carbonyl (C=O) groups excluding carboxylic acids is 1. The number of nitrogens with zero attached hydrogens (tertiary/aromatic N) is 3. The molecule has 20 heavy (non-hydrogen) atoms. The molecule has 106 valence electrons. The molecule has 0 bridgehead atoms. The minimum Gasteiger partial charge on any atom is -0.476 e. The lowest BCUT2D eigenvalue weighted by atomic mass is 10.4. The van der Waals surface area contributed by atoms with Crippen LogP contribution in [0.15, 0.2) is 16.3 Å². The van der Waals surface area contributed by atoms with Gasteiger partial charge in [0, 0.05) is 18.3 Å². The third kappa shape index (κ3) is 4.02. The molecule has 2 aromatic heterocycles. The van der Waals surface area contributed by atoms with Crippen molar-refractivity contribution in [2.75, 3.05) is 6.54 Å². The maximum atomic E-state index is 11.5. The zero-order valence-electron chi connectivity index (χ0n) is 10.2. The van der Waals surface area contributed by atoms with Crippen LogP contribution in [0.3, 0.4) is 0 Å². The highest BCUT2D eigenvalue weighted by Crippen LogP contribution is 2.09. The SMILES string of the molecule is O=C(NCCc1ncon1)NCc1nc(C(=O)O)cs1. The molecule has 0 aliphatic rings. The lowest BCUT2D eigenvalue weighted by molar-refractivity contribution is 0.0691. The number of carbonyl (C=O) groups is 2. The number of aromatic nitrogens is 3. The molecule has 3 N–H and O–H groups in total. The van der Waals surface area contributed by atoms with E-state index in [-0.39, 0.29) is 18.3 Å². The number of carboxylic acids is 1. The highest BCUT2D eigenvalue weighted by atomic mass is 32.1. The standard InChI is InChI=1S/C10H11N5O4S/c16-9(17)6-4-20-8(14-6)3-12-10(18)11-2-1-7-13-5-19-15-7/h4-5H,1-3H2,(H,16,17)(H2,11,12,18). The van der Waals surface area contributed by atoms with Crippen LogP contribution in [0.2, 0.25) is 0 Å². The van der Waals surface area contributed by atoms with Crippen molar-refractivity contribution < 1.29 is 19.2 Å². The second-order valence-corrected chi connectivity index (χ2v) is 4.58. The Morgan fingerprint density at radius 1 is 1.40 bits per heavy atom. The molecule has 2 rings (SSSR count). The Hall–Kier alpha value is -2.49. The Labute approximate surface area is 117 Å². The number of rotatable bonds is 6. The van der Waals surface area contributed by atoms with E-state index in [1.165, 1.54) is 23.1 Å². The molecule has 0 saturated heterocycles. The van der Waals surface area contributed by atoms with Gasteiger partial charge in [0.05, 0.1) is 6.54 Å². The lowest BCUT2D eigenvalue weighted by Crippen LogP contribution is -2.36. The van der Waals surface area contributed by atoms with E-state index in [0.29, 0.717) is 23.8 Å². The molecular formula is C10H11N5O4S. The van der Waals surface area contributed by atoms with Gasteiger partial charge in [-0.15, -0.1) is 11.3 Å². The summed E-state index contributed by atoms with van der Waals surface area (Å²) in [6.07, 6.45) is 1.68. The smallest absolute Gasteiger partial charge is 0.355 e. The van der Waals surface area contributed by atoms with Crippen LogP contribution in [0.4, 0.5) is 4.79 Å². The maximum Gasteiger partial charge on any atom is 0.355 e. The van der Waals surface area contributed by atoms with Crippen molar-refractivity contribution in [3.8, 4) is 0 Å². The van der Waals surface area contributed by atoms with Gasteiger partial charge in [0.25, 0.3) is 0 Å². The molecule has 0 saturated carbocycles. The highest BCUT2D eigenvalue weighted by Gasteiger charge is 2.09. The molecule has 2 heterocycles. The summed E-state index contributed by atoms with van der Waals surface area (Å²) >= 11 is 1.17. The molecule has 0 aliphatic heterocycles. The summed E-state index contributed by atoms with van der Waals surface area (Å²) in [6.45, 7) is 0.537. The van der Waals surface area contributed by atoms with E-state index in [4.69, 9.17) is 5.11 Å². The lowest BCUT2D eigenvalue weighted by Gasteiger charge is -2.04. The summed E-state index contributed by atoms with van der Waals surface area (Å²) in [7, 11) is 0. The number of thiazole rings is 1. The van der Waals surface area contributed by atoms with Gasteiger partial charge in [0.15, 0.2) is 11.5 Å². The van der Waals surface area contributed by atoms with Crippen molar-refractivity contribution in [3.63, 3.8) is 0 Å². The van der Waals surface area contributed by atoms with Crippen LogP contribution in [-0.4, -0.2) is 38.8 Å². The molecule has 0 aliphatic carbocycles. The zero-order valence-corrected chi connectivity index (χ0v) is 11.0. The molecule has 0 unspecified atom stereocenters. The Kier molecular flexibility index (Phi) is 4.60. The molecule has 0 fully saturated rings. The Balaban J connectivity index is 1.67. The first-order chi connectivity index (χ1) is 9.65. The average molecular weight is 297 g/mol. The van der Waals surface area contributed by atoms with Crippen LogP contribution in [0, 0.1) is 0 Å². The molecule has 0 aromatic carbocycles. The second kappa shape index (κ2) is 6.61. The minimum absolute atomic E-state index is 0.0238. The van der Waals surface area contributed by atoms with Crippen LogP contribution in [-0.2, 0) is 13.0 Å². The van der Waals surface area contributed by atoms with Gasteiger partial charge in [-0.1, -0.05) is 5.16 Å². The fourth-order valence-corrected chi connectivity index (χ4v) is 2.01. The Bertz CT molecular complexity index is 582. The summed E-state index contributed by atoms with van der Waals surface area (Å²) in [5.41, 5.74) is -0.0238. The predicted octanol–water partition coefficient (Wildman–Crippen LogP) is 0.266. The fraction of sp³-hybridized carbons (Fsp3) is 0.300. The van der Waals surface area contributed by atoms with Crippen LogP contribution >= 0.6 is 11.3 Å². The van der Waals surface area contributed by atoms with Gasteiger partial charge in [0.1, 0.15) is 5.01 Å². The number of nitrogens with one attached hydrogen (secondary N) is 2. The van der Waals surface area contributed by atoms with E-state index in [2.05, 4.69) is 30.3 Å². The van der Waals surface area contributed by atoms with Gasteiger partial charge in [-0.05, 0) is 0 Å². The van der Waals surface area contributed by atoms with Gasteiger partial charge < -0.3 is 20.3 Å². The van der Waals surface area contributed by atoms with Gasteiger partial charge in [-0.3, -0.25) is 0 Å². The van der Waals surface area contributed by atoms with Gasteiger partial charge >= 0.3 is 12.0 Å². The quantitative estimate of drug-likeness (QED) is 0.697. The number of carboxylic acid groups (broad SMARTS) is 1. The van der Waals surface area contributed by atoms with Crippen molar-refractivity contribution in [2.24, 2.45) is 0 Å². The summed E-state index contributed by atoms with van der Waals surface area (Å²) in [4.78, 5) is 29.8. The Morgan fingerprint density at radius 3 is 2.90 bits per heavy atom. The first kappa shape index (κ1) is 13.9. The van der Waals surface area contributed by atoms with E-state index in [9.17, 15) is 9.59 Å². The largest absolute Gasteiger partial charge is 0.476 e. The second-order valence-electron chi connectivity index (χ2n) is 3.64. The summed E-state index contributed by atoms with van der Waals surface area (Å²) < 4.78 is 4.55. The molecule has 2 aromatic rings. The van der Waals surface area contributed by atoms with Gasteiger partial charge in [-0.25, -0.2) is 14.6 Å². The summed E-state index contributed by atoms with van der Waals surface area (Å²) in [5, 5.41) is 19.4. The molecule has 0 atom stereocenters. The van der Waals surface area contributed by atoms with E-state index in [0.717, 1.165) is 0 Å². The topological polar surface area (TPSA) is 130 Å². The van der Waals surface area contributed by atoms with Crippen LogP contribution in [0.1, 0.15) is 21.3 Å². The average Bonchev–Trinajstić information content (AvgIpc) is 3.07. The minimum atomic E-state index is -1.09. The molecule has 0 spiro atoms. The van der Waals surface area contributed by atoms with Gasteiger partial charge in [-0.2, -0.15) is 4.98 Å². The van der Waals surface area contributed by atoms with Crippen LogP contribution in [0.25, 0.3) is 0 Å². The number of hydrogen-bond acceptors (Lipinski definition) is 7. The van der Waals surface area contributed by atoms with Gasteiger partial charge in [0.2, 0.25) is 6.39 Å². The van der Waals surface area contributed by atoms with Crippen molar-refractivity contribution in [1.82, 2.24) is 25.8 Å². The van der Waals surface area contributed by atoms with Crippen LogP contribution < -0.4 is 10.6 Å². The predicted molar refractivity (Wildman–Crippen MR) is 67.3 cm³/mol. The van der Waals surface area contributed by atoms with E-state index in [1.807, 2.05) is 0 Å². The number of hydrogen-bond donors (Lipinski definition) is 3. The third-order valence-electron chi connectivity index (χ3n) is 2.21. The normalized spacial score (nSPS) is 10.2. The van der Waals surface area contributed by atoms with Crippen molar-refractivity contribution in [1.29, 1.82) is 0 Å². The van der Waals surface area contributed by atoms with Crippen molar-refractivity contribution in [3.05, 3.63) is 28.3 Å². The summed E-state index contributed by atoms with van der Waals surface area (Å²) in [5.74, 6) is -0.576. The first-order valence-electron chi connectivity index (χ1n) is 5.60. The molecule has 0 radical (unpaired) electrons. The number of urea groups is 1. The highest BCUT2D eigenvalue weighted by molar-refractivity contribution is 7.09. The monoisotopic (exact) mass is 297 g/mol. The zero-order chi connectivity index (χ0) is 14.4. The third-order valence-corrected chi connectivity index (χ3v) is 3.06. The fourth-order valence-electron chi connectivity index (χ4n) is 1.30. The molecule has 2 amide bonds. The molecule has 9 nitrogen and oxygen atoms in total. The van der Waals surface area contributed by atoms with E-state index < -0.39 is 5.97 Å². The molecular weight excluding hydrogens is 286 g/mol. The summed E-state index contributed by atoms with van der Waals surface area (Å²) in [6, 6.07) is -0.374. The van der Waals surface area contributed by atoms with Crippen LogP contribution in [0.5, 0.6) is 0 Å². The Morgan fingerprint density at radius 2 is 2.25 bits per heavy atom. The number of amides is 2. The van der Waals surface area contributed by atoms with E-state index >= 15 is 0 Å². The van der Waals surface area contributed by atoms with Crippen molar-refractivity contribution >= 4 is 23.3 Å². The van der Waals surface area contributed by atoms with E-state index in [1.54, 1.807) is 0 Å². The first-order valence-corrected chi connectivity index (χ1v) is 6.48.